The molecule has 1 atom stereocenters. The first kappa shape index (κ1) is 20.5. The van der Waals surface area contributed by atoms with Gasteiger partial charge in [0.05, 0.1) is 20.8 Å². The average molecular weight is 389 g/mol. The summed E-state index contributed by atoms with van der Waals surface area (Å²) in [4.78, 5) is 15.2. The molecular formula is C25H27NO3. The predicted octanol–water partition coefficient (Wildman–Crippen LogP) is 5.43. The monoisotopic (exact) mass is 389 g/mol. The summed E-state index contributed by atoms with van der Waals surface area (Å²) < 4.78 is 10.8. The maximum atomic E-state index is 13.3. The van der Waals surface area contributed by atoms with Crippen molar-refractivity contribution in [2.24, 2.45) is 0 Å². The summed E-state index contributed by atoms with van der Waals surface area (Å²) in [6, 6.07) is 25.6. The molecule has 0 saturated heterocycles. The highest BCUT2D eigenvalue weighted by Crippen LogP contribution is 2.33. The molecule has 0 saturated carbocycles. The molecule has 29 heavy (non-hydrogen) atoms. The smallest absolute Gasteiger partial charge is 0.227 e. The molecule has 0 aromatic heterocycles. The van der Waals surface area contributed by atoms with E-state index in [4.69, 9.17) is 9.47 Å². The molecular weight excluding hydrogens is 362 g/mol. The van der Waals surface area contributed by atoms with Crippen LogP contribution in [0.3, 0.4) is 0 Å². The van der Waals surface area contributed by atoms with Crippen LogP contribution in [0.5, 0.6) is 11.5 Å². The topological polar surface area (TPSA) is 38.8 Å². The van der Waals surface area contributed by atoms with E-state index < -0.39 is 0 Å². The highest BCUT2D eigenvalue weighted by atomic mass is 16.5. The summed E-state index contributed by atoms with van der Waals surface area (Å²) in [6.07, 6.45) is 0.379. The van der Waals surface area contributed by atoms with E-state index in [9.17, 15) is 4.79 Å². The Hall–Kier alpha value is -3.27. The Morgan fingerprint density at radius 2 is 1.55 bits per heavy atom. The van der Waals surface area contributed by atoms with Crippen molar-refractivity contribution >= 4 is 11.6 Å². The number of nitrogens with zero attached hydrogens (tertiary/aromatic N) is 1. The van der Waals surface area contributed by atoms with Crippen molar-refractivity contribution in [1.82, 2.24) is 0 Å². The van der Waals surface area contributed by atoms with Crippen molar-refractivity contribution in [2.75, 3.05) is 19.1 Å². The van der Waals surface area contributed by atoms with Crippen LogP contribution in [0.15, 0.2) is 78.9 Å². The standard InChI is InChI=1S/C25H27NO3/c1-19(23-15-14-22(28-2)17-24(23)29-3)16-25(27)26(21-12-8-5-9-13-21)18-20-10-6-4-7-11-20/h4-15,17,19H,16,18H2,1-3H3. The lowest BCUT2D eigenvalue weighted by atomic mass is 9.95. The second-order valence-electron chi connectivity index (χ2n) is 7.01. The predicted molar refractivity (Wildman–Crippen MR) is 117 cm³/mol. The number of hydrogen-bond acceptors (Lipinski definition) is 3. The number of carbonyl (C=O) groups excluding carboxylic acids is 1. The van der Waals surface area contributed by atoms with Crippen molar-refractivity contribution in [3.05, 3.63) is 90.0 Å². The molecule has 150 valence electrons. The lowest BCUT2D eigenvalue weighted by molar-refractivity contribution is -0.119. The Labute approximate surface area is 172 Å². The number of benzene rings is 3. The Morgan fingerprint density at radius 3 is 2.17 bits per heavy atom. The fourth-order valence-corrected chi connectivity index (χ4v) is 3.41. The van der Waals surface area contributed by atoms with Crippen molar-refractivity contribution in [1.29, 1.82) is 0 Å². The van der Waals surface area contributed by atoms with E-state index in [0.29, 0.717) is 13.0 Å². The Kier molecular flexibility index (Phi) is 6.90. The van der Waals surface area contributed by atoms with Crippen LogP contribution in [0, 0.1) is 0 Å². The van der Waals surface area contributed by atoms with Gasteiger partial charge in [-0.15, -0.1) is 0 Å². The normalized spacial score (nSPS) is 11.6. The summed E-state index contributed by atoms with van der Waals surface area (Å²) in [7, 11) is 3.27. The molecule has 4 nitrogen and oxygen atoms in total. The van der Waals surface area contributed by atoms with E-state index in [1.807, 2.05) is 90.7 Å². The molecule has 0 heterocycles. The van der Waals surface area contributed by atoms with Gasteiger partial charge in [0.15, 0.2) is 0 Å². The van der Waals surface area contributed by atoms with Crippen LogP contribution in [0.25, 0.3) is 0 Å². The number of rotatable bonds is 8. The van der Waals surface area contributed by atoms with Gasteiger partial charge in [-0.2, -0.15) is 0 Å². The zero-order valence-corrected chi connectivity index (χ0v) is 17.2. The van der Waals surface area contributed by atoms with E-state index >= 15 is 0 Å². The van der Waals surface area contributed by atoms with E-state index in [-0.39, 0.29) is 11.8 Å². The molecule has 3 aromatic rings. The van der Waals surface area contributed by atoms with Gasteiger partial charge in [0, 0.05) is 18.2 Å². The minimum absolute atomic E-state index is 0.00495. The summed E-state index contributed by atoms with van der Waals surface area (Å²) in [5.41, 5.74) is 2.99. The molecule has 0 radical (unpaired) electrons. The quantitative estimate of drug-likeness (QED) is 0.516. The van der Waals surface area contributed by atoms with Crippen LogP contribution in [-0.4, -0.2) is 20.1 Å². The van der Waals surface area contributed by atoms with E-state index in [1.165, 1.54) is 0 Å². The van der Waals surface area contributed by atoms with Gasteiger partial charge in [-0.25, -0.2) is 0 Å². The van der Waals surface area contributed by atoms with Crippen molar-refractivity contribution in [3.8, 4) is 11.5 Å². The number of anilines is 1. The van der Waals surface area contributed by atoms with Crippen LogP contribution < -0.4 is 14.4 Å². The molecule has 3 aromatic carbocycles. The second-order valence-corrected chi connectivity index (χ2v) is 7.01. The van der Waals surface area contributed by atoms with Gasteiger partial charge in [0.25, 0.3) is 0 Å². The molecule has 0 fully saturated rings. The minimum Gasteiger partial charge on any atom is -0.497 e. The number of ether oxygens (including phenoxy) is 2. The van der Waals surface area contributed by atoms with Crippen LogP contribution >= 0.6 is 0 Å². The molecule has 1 unspecified atom stereocenters. The van der Waals surface area contributed by atoms with Gasteiger partial charge in [-0.05, 0) is 35.2 Å². The lowest BCUT2D eigenvalue weighted by Crippen LogP contribution is -2.31. The molecule has 0 bridgehead atoms. The summed E-state index contributed by atoms with van der Waals surface area (Å²) in [6.45, 7) is 2.59. The fraction of sp³-hybridized carbons (Fsp3) is 0.240. The third-order valence-electron chi connectivity index (χ3n) is 5.00. The Bertz CT molecular complexity index is 925. The molecule has 1 amide bonds. The van der Waals surface area contributed by atoms with Gasteiger partial charge in [-0.3, -0.25) is 4.79 Å². The minimum atomic E-state index is 0.00495. The SMILES string of the molecule is COc1ccc(C(C)CC(=O)N(Cc2ccccc2)c2ccccc2)c(OC)c1. The van der Waals surface area contributed by atoms with E-state index in [0.717, 1.165) is 28.3 Å². The molecule has 3 rings (SSSR count). The molecule has 0 aliphatic carbocycles. The third-order valence-corrected chi connectivity index (χ3v) is 5.00. The van der Waals surface area contributed by atoms with Crippen LogP contribution in [0.4, 0.5) is 5.69 Å². The first-order valence-corrected chi connectivity index (χ1v) is 9.73. The van der Waals surface area contributed by atoms with Crippen LogP contribution in [0.2, 0.25) is 0 Å². The Balaban J connectivity index is 1.83. The zero-order chi connectivity index (χ0) is 20.6. The first-order valence-electron chi connectivity index (χ1n) is 9.73. The van der Waals surface area contributed by atoms with Gasteiger partial charge in [0.2, 0.25) is 5.91 Å². The van der Waals surface area contributed by atoms with Gasteiger partial charge >= 0.3 is 0 Å². The maximum Gasteiger partial charge on any atom is 0.227 e. The maximum absolute atomic E-state index is 13.3. The lowest BCUT2D eigenvalue weighted by Gasteiger charge is -2.25. The number of methoxy groups -OCH3 is 2. The summed E-state index contributed by atoms with van der Waals surface area (Å²) in [5, 5.41) is 0. The van der Waals surface area contributed by atoms with Crippen LogP contribution in [0.1, 0.15) is 30.4 Å². The van der Waals surface area contributed by atoms with Gasteiger partial charge in [0.1, 0.15) is 11.5 Å². The number of hydrogen-bond donors (Lipinski definition) is 0. The molecule has 0 aliphatic rings. The molecule has 0 spiro atoms. The average Bonchev–Trinajstić information content (AvgIpc) is 2.78. The second kappa shape index (κ2) is 9.78. The number of para-hydroxylation sites is 1. The zero-order valence-electron chi connectivity index (χ0n) is 17.2. The third kappa shape index (κ3) is 5.17. The number of carbonyl (C=O) groups is 1. The number of amides is 1. The first-order chi connectivity index (χ1) is 14.1. The van der Waals surface area contributed by atoms with Crippen LogP contribution in [-0.2, 0) is 11.3 Å². The van der Waals surface area contributed by atoms with E-state index in [2.05, 4.69) is 0 Å². The molecule has 4 heteroatoms. The fourth-order valence-electron chi connectivity index (χ4n) is 3.41. The summed E-state index contributed by atoms with van der Waals surface area (Å²) >= 11 is 0. The molecule has 0 aliphatic heterocycles. The van der Waals surface area contributed by atoms with Crippen molar-refractivity contribution < 1.29 is 14.3 Å². The van der Waals surface area contributed by atoms with Crippen molar-refractivity contribution in [2.45, 2.75) is 25.8 Å². The molecule has 0 N–H and O–H groups in total. The van der Waals surface area contributed by atoms with Crippen molar-refractivity contribution in [3.63, 3.8) is 0 Å². The van der Waals surface area contributed by atoms with Gasteiger partial charge < -0.3 is 14.4 Å². The van der Waals surface area contributed by atoms with E-state index in [1.54, 1.807) is 14.2 Å². The van der Waals surface area contributed by atoms with Gasteiger partial charge in [-0.1, -0.05) is 61.5 Å². The highest BCUT2D eigenvalue weighted by molar-refractivity contribution is 5.93. The summed E-state index contributed by atoms with van der Waals surface area (Å²) in [5.74, 6) is 1.55. The highest BCUT2D eigenvalue weighted by Gasteiger charge is 2.21. The Morgan fingerprint density at radius 1 is 0.897 bits per heavy atom. The largest absolute Gasteiger partial charge is 0.497 e.